The molecule has 1 aliphatic heterocycles. The van der Waals surface area contributed by atoms with Gasteiger partial charge in [0.05, 0.1) is 20.3 Å². The van der Waals surface area contributed by atoms with Crippen molar-refractivity contribution in [3.05, 3.63) is 33.9 Å². The fraction of sp³-hybridized carbons (Fsp3) is 0.474. The molecule has 1 aromatic rings. The van der Waals surface area contributed by atoms with E-state index in [9.17, 15) is 9.59 Å². The van der Waals surface area contributed by atoms with Crippen molar-refractivity contribution in [3.8, 4) is 11.5 Å². The van der Waals surface area contributed by atoms with Crippen LogP contribution in [-0.4, -0.2) is 46.5 Å². The van der Waals surface area contributed by atoms with E-state index in [1.807, 2.05) is 6.92 Å². The first-order chi connectivity index (χ1) is 12.5. The highest BCUT2D eigenvalue weighted by Crippen LogP contribution is 2.42. The van der Waals surface area contributed by atoms with Crippen molar-refractivity contribution in [1.29, 1.82) is 0 Å². The highest BCUT2D eigenvalue weighted by Gasteiger charge is 2.33. The van der Waals surface area contributed by atoms with Crippen LogP contribution in [0.4, 0.5) is 0 Å². The molecule has 0 saturated heterocycles. The van der Waals surface area contributed by atoms with Gasteiger partial charge < -0.3 is 23.7 Å². The summed E-state index contributed by atoms with van der Waals surface area (Å²) in [5.74, 6) is 0.552. The van der Waals surface area contributed by atoms with Gasteiger partial charge in [-0.3, -0.25) is 4.79 Å². The molecule has 1 aromatic carbocycles. The molecule has 0 bridgehead atoms. The van der Waals surface area contributed by atoms with E-state index in [2.05, 4.69) is 0 Å². The Hall–Kier alpha value is -2.38. The molecule has 7 nitrogen and oxygen atoms in total. The van der Waals surface area contributed by atoms with Gasteiger partial charge in [0.2, 0.25) is 0 Å². The summed E-state index contributed by atoms with van der Waals surface area (Å²) in [4.78, 5) is 23.2. The van der Waals surface area contributed by atoms with E-state index in [0.29, 0.717) is 47.8 Å². The summed E-state index contributed by atoms with van der Waals surface area (Å²) in [7, 11) is 3.14. The predicted molar refractivity (Wildman–Crippen MR) is 93.7 cm³/mol. The van der Waals surface area contributed by atoms with Crippen LogP contribution in [0.3, 0.4) is 0 Å². The van der Waals surface area contributed by atoms with Crippen LogP contribution >= 0.6 is 0 Å². The highest BCUT2D eigenvalue weighted by molar-refractivity contribution is 5.98. The summed E-state index contributed by atoms with van der Waals surface area (Å²) in [6.07, 6.45) is 2.91. The minimum absolute atomic E-state index is 0.0430. The number of rotatable bonds is 10. The van der Waals surface area contributed by atoms with Crippen molar-refractivity contribution in [1.82, 2.24) is 0 Å². The van der Waals surface area contributed by atoms with Crippen LogP contribution < -0.4 is 9.47 Å². The molecular formula is C19H24O7. The Morgan fingerprint density at radius 3 is 2.65 bits per heavy atom. The van der Waals surface area contributed by atoms with E-state index in [1.165, 1.54) is 0 Å². The van der Waals surface area contributed by atoms with Gasteiger partial charge in [-0.05, 0) is 31.4 Å². The van der Waals surface area contributed by atoms with Crippen LogP contribution in [0.1, 0.15) is 34.0 Å². The highest BCUT2D eigenvalue weighted by atomic mass is 16.7. The lowest BCUT2D eigenvalue weighted by Gasteiger charge is -2.19. The van der Waals surface area contributed by atoms with Crippen molar-refractivity contribution >= 4 is 12.3 Å². The van der Waals surface area contributed by atoms with Gasteiger partial charge in [0, 0.05) is 18.2 Å². The molecule has 7 heteroatoms. The number of ether oxygens (including phenoxy) is 5. The van der Waals surface area contributed by atoms with Crippen LogP contribution in [-0.2, 0) is 32.0 Å². The second-order valence-corrected chi connectivity index (χ2v) is 5.83. The largest absolute Gasteiger partial charge is 0.496 e. The smallest absolute Gasteiger partial charge is 0.342 e. The maximum atomic E-state index is 12.2. The Balaban J connectivity index is 2.44. The monoisotopic (exact) mass is 364 g/mol. The lowest BCUT2D eigenvalue weighted by Crippen LogP contribution is -2.13. The average Bonchev–Trinajstić information content (AvgIpc) is 3.03. The van der Waals surface area contributed by atoms with Crippen molar-refractivity contribution in [2.75, 3.05) is 34.2 Å². The summed E-state index contributed by atoms with van der Waals surface area (Å²) in [6, 6.07) is 0. The number of esters is 1. The molecule has 142 valence electrons. The predicted octanol–water partition coefficient (Wildman–Crippen LogP) is 2.36. The number of carbonyl (C=O) groups excluding carboxylic acids is 2. The molecule has 0 atom stereocenters. The normalized spacial score (nSPS) is 13.4. The van der Waals surface area contributed by atoms with Crippen molar-refractivity contribution in [3.63, 3.8) is 0 Å². The van der Waals surface area contributed by atoms with Gasteiger partial charge in [-0.2, -0.15) is 0 Å². The zero-order chi connectivity index (χ0) is 19.1. The molecular weight excluding hydrogens is 340 g/mol. The standard InChI is InChI=1S/C19H24O7/c1-12(9-20)5-6-14-17(23-4)13(2)15-10-25-19(21)16(15)18(14)26-11-24-8-7-22-3/h5,9H,6-8,10-11H2,1-4H3. The summed E-state index contributed by atoms with van der Waals surface area (Å²) in [5, 5.41) is 0. The van der Waals surface area contributed by atoms with E-state index in [0.717, 1.165) is 17.4 Å². The van der Waals surface area contributed by atoms with E-state index >= 15 is 0 Å². The minimum Gasteiger partial charge on any atom is -0.496 e. The second kappa shape index (κ2) is 9.35. The molecule has 2 rings (SSSR count). The quantitative estimate of drug-likeness (QED) is 0.207. The second-order valence-electron chi connectivity index (χ2n) is 5.83. The summed E-state index contributed by atoms with van der Waals surface area (Å²) in [5.41, 5.74) is 3.23. The molecule has 0 N–H and O–H groups in total. The molecule has 0 unspecified atom stereocenters. The number of aldehydes is 1. The number of methoxy groups -OCH3 is 2. The Morgan fingerprint density at radius 1 is 1.23 bits per heavy atom. The van der Waals surface area contributed by atoms with Crippen LogP contribution in [0, 0.1) is 6.92 Å². The number of hydrogen-bond donors (Lipinski definition) is 0. The van der Waals surface area contributed by atoms with Crippen LogP contribution in [0.15, 0.2) is 11.6 Å². The third kappa shape index (κ3) is 4.23. The van der Waals surface area contributed by atoms with Crippen LogP contribution in [0.5, 0.6) is 11.5 Å². The molecule has 0 aromatic heterocycles. The van der Waals surface area contributed by atoms with Crippen LogP contribution in [0.2, 0.25) is 0 Å². The lowest BCUT2D eigenvalue weighted by atomic mass is 9.95. The first kappa shape index (κ1) is 19.9. The minimum atomic E-state index is -0.435. The fourth-order valence-electron chi connectivity index (χ4n) is 2.78. The molecule has 0 aliphatic carbocycles. The zero-order valence-electron chi connectivity index (χ0n) is 15.5. The van der Waals surface area contributed by atoms with Crippen molar-refractivity contribution in [2.45, 2.75) is 26.9 Å². The Labute approximate surface area is 152 Å². The molecule has 0 spiro atoms. The third-order valence-electron chi connectivity index (χ3n) is 4.16. The van der Waals surface area contributed by atoms with Gasteiger partial charge in [0.15, 0.2) is 6.79 Å². The van der Waals surface area contributed by atoms with Gasteiger partial charge in [-0.25, -0.2) is 4.79 Å². The first-order valence-electron chi connectivity index (χ1n) is 8.25. The van der Waals surface area contributed by atoms with Gasteiger partial charge in [-0.1, -0.05) is 6.08 Å². The van der Waals surface area contributed by atoms with E-state index in [4.69, 9.17) is 23.7 Å². The SMILES string of the molecule is COCCOCOc1c(CC=C(C)C=O)c(OC)c(C)c2c1C(=O)OC2. The van der Waals surface area contributed by atoms with Crippen molar-refractivity contribution < 1.29 is 33.3 Å². The van der Waals surface area contributed by atoms with Crippen molar-refractivity contribution in [2.24, 2.45) is 0 Å². The van der Waals surface area contributed by atoms with Gasteiger partial charge in [0.1, 0.15) is 30.0 Å². The Kier molecular flexibility index (Phi) is 7.17. The van der Waals surface area contributed by atoms with Gasteiger partial charge >= 0.3 is 5.97 Å². The fourth-order valence-corrected chi connectivity index (χ4v) is 2.78. The molecule has 1 aliphatic rings. The lowest BCUT2D eigenvalue weighted by molar-refractivity contribution is -0.104. The van der Waals surface area contributed by atoms with Gasteiger partial charge in [-0.15, -0.1) is 0 Å². The molecule has 26 heavy (non-hydrogen) atoms. The van der Waals surface area contributed by atoms with Crippen LogP contribution in [0.25, 0.3) is 0 Å². The van der Waals surface area contributed by atoms with E-state index < -0.39 is 5.97 Å². The topological polar surface area (TPSA) is 80.3 Å². The number of cyclic esters (lactones) is 1. The zero-order valence-corrected chi connectivity index (χ0v) is 15.5. The number of hydrogen-bond acceptors (Lipinski definition) is 7. The molecule has 1 heterocycles. The molecule has 0 saturated carbocycles. The first-order valence-corrected chi connectivity index (χ1v) is 8.25. The number of benzene rings is 1. The Bertz CT molecular complexity index is 707. The van der Waals surface area contributed by atoms with Gasteiger partial charge in [0.25, 0.3) is 0 Å². The molecule has 0 radical (unpaired) electrons. The van der Waals surface area contributed by atoms with E-state index in [1.54, 1.807) is 27.2 Å². The summed E-state index contributed by atoms with van der Waals surface area (Å²) in [6.45, 7) is 4.53. The average molecular weight is 364 g/mol. The van der Waals surface area contributed by atoms with E-state index in [-0.39, 0.29) is 13.4 Å². The summed E-state index contributed by atoms with van der Waals surface area (Å²) >= 11 is 0. The maximum Gasteiger partial charge on any atom is 0.342 e. The number of fused-ring (bicyclic) bond motifs is 1. The maximum absolute atomic E-state index is 12.2. The number of carbonyl (C=O) groups is 2. The summed E-state index contributed by atoms with van der Waals surface area (Å²) < 4.78 is 26.8. The molecule has 0 amide bonds. The third-order valence-corrected chi connectivity index (χ3v) is 4.16. The Morgan fingerprint density at radius 2 is 2.00 bits per heavy atom. The molecule has 0 fully saturated rings. The number of allylic oxidation sites excluding steroid dienone is 2.